The van der Waals surface area contributed by atoms with Gasteiger partial charge >= 0.3 is 6.09 Å². The summed E-state index contributed by atoms with van der Waals surface area (Å²) in [7, 11) is 1.65. The van der Waals surface area contributed by atoms with E-state index in [0.717, 1.165) is 31.5 Å². The van der Waals surface area contributed by atoms with Gasteiger partial charge in [-0.15, -0.1) is 0 Å². The Morgan fingerprint density at radius 2 is 1.76 bits per heavy atom. The number of likely N-dealkylation sites (N-methyl/N-ethyl adjacent to an activating group) is 1. The Morgan fingerprint density at radius 1 is 1.06 bits per heavy atom. The van der Waals surface area contributed by atoms with Crippen molar-refractivity contribution in [3.8, 4) is 5.75 Å². The molecule has 2 aliphatic heterocycles. The smallest absolute Gasteiger partial charge is 0.410 e. The lowest BCUT2D eigenvalue weighted by Gasteiger charge is -2.29. The van der Waals surface area contributed by atoms with E-state index in [9.17, 15) is 14.0 Å². The lowest BCUT2D eigenvalue weighted by atomic mass is 9.93. The van der Waals surface area contributed by atoms with E-state index in [1.165, 1.54) is 29.2 Å². The molecule has 2 aliphatic rings. The third-order valence-electron chi connectivity index (χ3n) is 6.47. The fourth-order valence-electron chi connectivity index (χ4n) is 4.57. The normalized spacial score (nSPS) is 21.2. The van der Waals surface area contributed by atoms with Crippen LogP contribution in [0, 0.1) is 11.7 Å². The number of nitrogens with zero attached hydrogens (tertiary/aromatic N) is 2. The van der Waals surface area contributed by atoms with Gasteiger partial charge in [-0.2, -0.15) is 0 Å². The number of piperidine rings is 1. The minimum atomic E-state index is -0.576. The zero-order valence-electron chi connectivity index (χ0n) is 18.3. The molecule has 0 spiro atoms. The van der Waals surface area contributed by atoms with E-state index >= 15 is 0 Å². The molecule has 0 aromatic heterocycles. The van der Waals surface area contributed by atoms with Crippen LogP contribution in [0.3, 0.4) is 0 Å². The second-order valence-electron chi connectivity index (χ2n) is 8.55. The Kier molecular flexibility index (Phi) is 7.41. The second kappa shape index (κ2) is 10.3. The molecule has 0 aliphatic carbocycles. The molecule has 0 bridgehead atoms. The van der Waals surface area contributed by atoms with Crippen molar-refractivity contribution in [2.24, 2.45) is 5.92 Å². The summed E-state index contributed by atoms with van der Waals surface area (Å²) in [6.07, 6.45) is 1.03. The molecule has 2 amide bonds. The van der Waals surface area contributed by atoms with E-state index in [-0.39, 0.29) is 29.5 Å². The quantitative estimate of drug-likeness (QED) is 0.678. The van der Waals surface area contributed by atoms with Gasteiger partial charge in [-0.25, -0.2) is 9.18 Å². The number of ether oxygens (including phenoxy) is 1. The van der Waals surface area contributed by atoms with Gasteiger partial charge in [0.05, 0.1) is 16.1 Å². The molecule has 2 unspecified atom stereocenters. The molecule has 2 aromatic rings. The van der Waals surface area contributed by atoms with Gasteiger partial charge in [0, 0.05) is 32.0 Å². The van der Waals surface area contributed by atoms with Crippen molar-refractivity contribution >= 4 is 35.2 Å². The van der Waals surface area contributed by atoms with E-state index in [0.29, 0.717) is 23.1 Å². The number of carbonyl (C=O) groups is 2. The molecule has 6 nitrogen and oxygen atoms in total. The molecule has 2 heterocycles. The van der Waals surface area contributed by atoms with E-state index in [1.807, 2.05) is 11.0 Å². The summed E-state index contributed by atoms with van der Waals surface area (Å²) < 4.78 is 18.6. The number of rotatable bonds is 4. The van der Waals surface area contributed by atoms with E-state index in [4.69, 9.17) is 27.9 Å². The number of hydrogen-bond acceptors (Lipinski definition) is 4. The molecule has 2 fully saturated rings. The average Bonchev–Trinajstić information content (AvgIpc) is 3.27. The molecule has 2 saturated heterocycles. The average molecular weight is 494 g/mol. The molecular formula is C24H26Cl2FN3O3. The molecule has 176 valence electrons. The molecule has 4 rings (SSSR count). The van der Waals surface area contributed by atoms with Crippen molar-refractivity contribution in [3.63, 3.8) is 0 Å². The maximum absolute atomic E-state index is 13.2. The molecule has 2 atom stereocenters. The Balaban J connectivity index is 1.55. The first-order valence-corrected chi connectivity index (χ1v) is 11.7. The lowest BCUT2D eigenvalue weighted by molar-refractivity contribution is -0.135. The van der Waals surface area contributed by atoms with Crippen LogP contribution in [-0.2, 0) is 4.79 Å². The predicted octanol–water partition coefficient (Wildman–Crippen LogP) is 4.56. The maximum atomic E-state index is 13.2. The van der Waals surface area contributed by atoms with Crippen LogP contribution in [0.5, 0.6) is 5.75 Å². The van der Waals surface area contributed by atoms with Gasteiger partial charge in [0.15, 0.2) is 0 Å². The molecule has 9 heteroatoms. The molecule has 2 aromatic carbocycles. The number of likely N-dealkylation sites (tertiary alicyclic amines) is 1. The topological polar surface area (TPSA) is 61.9 Å². The highest BCUT2D eigenvalue weighted by molar-refractivity contribution is 6.42. The van der Waals surface area contributed by atoms with Gasteiger partial charge in [0.25, 0.3) is 0 Å². The van der Waals surface area contributed by atoms with Crippen molar-refractivity contribution in [2.75, 3.05) is 33.2 Å². The highest BCUT2D eigenvalue weighted by atomic mass is 35.5. The lowest BCUT2D eigenvalue weighted by Crippen LogP contribution is -2.44. The van der Waals surface area contributed by atoms with Crippen LogP contribution in [0.4, 0.5) is 9.18 Å². The van der Waals surface area contributed by atoms with Crippen LogP contribution in [0.15, 0.2) is 42.5 Å². The van der Waals surface area contributed by atoms with Crippen molar-refractivity contribution in [1.29, 1.82) is 0 Å². The molecule has 0 saturated carbocycles. The summed E-state index contributed by atoms with van der Waals surface area (Å²) in [4.78, 5) is 29.5. The maximum Gasteiger partial charge on any atom is 0.415 e. The number of carbonyl (C=O) groups excluding carboxylic acids is 2. The summed E-state index contributed by atoms with van der Waals surface area (Å²) in [5.41, 5.74) is 0.899. The number of halogens is 3. The molecule has 0 radical (unpaired) electrons. The Bertz CT molecular complexity index is 1010. The zero-order valence-corrected chi connectivity index (χ0v) is 19.8. The minimum Gasteiger partial charge on any atom is -0.410 e. The fraction of sp³-hybridized carbons (Fsp3) is 0.417. The summed E-state index contributed by atoms with van der Waals surface area (Å²) in [6, 6.07) is 10.3. The van der Waals surface area contributed by atoms with E-state index < -0.39 is 11.9 Å². The standard InChI is InChI=1S/C24H26Cl2FN3O3/c1-29(24(32)33-18-5-3-17(27)4-6-18)22-14-30(23(31)15-8-10-28-11-9-15)13-19(22)16-2-7-20(25)21(26)12-16/h2-7,12,15,19,22,28H,8-11,13-14H2,1H3. The minimum absolute atomic E-state index is 0.0177. The predicted molar refractivity (Wildman–Crippen MR) is 125 cm³/mol. The van der Waals surface area contributed by atoms with Crippen molar-refractivity contribution in [3.05, 3.63) is 63.9 Å². The molecular weight excluding hydrogens is 468 g/mol. The number of benzene rings is 2. The van der Waals surface area contributed by atoms with Crippen LogP contribution in [0.25, 0.3) is 0 Å². The number of amides is 2. The van der Waals surface area contributed by atoms with Crippen molar-refractivity contribution < 1.29 is 18.7 Å². The highest BCUT2D eigenvalue weighted by Crippen LogP contribution is 2.35. The summed E-state index contributed by atoms with van der Waals surface area (Å²) in [6.45, 7) is 2.52. The van der Waals surface area contributed by atoms with Gasteiger partial charge < -0.3 is 19.9 Å². The molecule has 1 N–H and O–H groups in total. The first kappa shape index (κ1) is 23.8. The Hall–Kier alpha value is -2.35. The Labute approximate surface area is 202 Å². The van der Waals surface area contributed by atoms with Crippen molar-refractivity contribution in [1.82, 2.24) is 15.1 Å². The SMILES string of the molecule is CN(C(=O)Oc1ccc(F)cc1)C1CN(C(=O)C2CCNCC2)CC1c1ccc(Cl)c(Cl)c1. The zero-order chi connectivity index (χ0) is 23.5. The number of nitrogens with one attached hydrogen (secondary N) is 1. The van der Waals surface area contributed by atoms with Gasteiger partial charge in [-0.1, -0.05) is 29.3 Å². The van der Waals surface area contributed by atoms with E-state index in [2.05, 4.69) is 5.32 Å². The monoisotopic (exact) mass is 493 g/mol. The first-order valence-electron chi connectivity index (χ1n) is 11.0. The van der Waals surface area contributed by atoms with Gasteiger partial charge in [0.1, 0.15) is 11.6 Å². The number of hydrogen-bond donors (Lipinski definition) is 1. The Morgan fingerprint density at radius 3 is 2.42 bits per heavy atom. The van der Waals surface area contributed by atoms with Crippen LogP contribution in [0.1, 0.15) is 24.3 Å². The third-order valence-corrected chi connectivity index (χ3v) is 7.20. The second-order valence-corrected chi connectivity index (χ2v) is 9.36. The highest BCUT2D eigenvalue weighted by Gasteiger charge is 2.42. The summed E-state index contributed by atoms with van der Waals surface area (Å²) >= 11 is 12.4. The third kappa shape index (κ3) is 5.42. The van der Waals surface area contributed by atoms with Crippen molar-refractivity contribution in [2.45, 2.75) is 24.8 Å². The largest absolute Gasteiger partial charge is 0.415 e. The van der Waals surface area contributed by atoms with Crippen LogP contribution in [0.2, 0.25) is 10.0 Å². The summed E-state index contributed by atoms with van der Waals surface area (Å²) in [5.74, 6) is -0.220. The van der Waals surface area contributed by atoms with Crippen LogP contribution >= 0.6 is 23.2 Å². The van der Waals surface area contributed by atoms with E-state index in [1.54, 1.807) is 19.2 Å². The summed E-state index contributed by atoms with van der Waals surface area (Å²) in [5, 5.41) is 4.15. The molecule has 33 heavy (non-hydrogen) atoms. The van der Waals surface area contributed by atoms with Gasteiger partial charge in [0.2, 0.25) is 5.91 Å². The van der Waals surface area contributed by atoms with Gasteiger partial charge in [-0.3, -0.25) is 4.79 Å². The fourth-order valence-corrected chi connectivity index (χ4v) is 4.87. The van der Waals surface area contributed by atoms with Gasteiger partial charge in [-0.05, 0) is 67.9 Å². The van der Waals surface area contributed by atoms with Crippen LogP contribution in [-0.4, -0.2) is 61.1 Å². The van der Waals surface area contributed by atoms with Crippen LogP contribution < -0.4 is 10.1 Å². The first-order chi connectivity index (χ1) is 15.8.